The molecule has 166 valence electrons. The molecule has 1 saturated heterocycles. The lowest BCUT2D eigenvalue weighted by Crippen LogP contribution is -2.60. The molecule has 0 bridgehead atoms. The van der Waals surface area contributed by atoms with E-state index in [0.717, 1.165) is 64.8 Å². The Balaban J connectivity index is 1.63. The minimum atomic E-state index is 0.0312. The summed E-state index contributed by atoms with van der Waals surface area (Å²) < 4.78 is 0. The topological polar surface area (TPSA) is 55.9 Å². The molecular formula is C23H42N4O2. The summed E-state index contributed by atoms with van der Waals surface area (Å²) in [5.74, 6) is 1.34. The Labute approximate surface area is 177 Å². The maximum absolute atomic E-state index is 13.1. The molecular weight excluding hydrogens is 364 g/mol. The molecule has 3 fully saturated rings. The van der Waals surface area contributed by atoms with Gasteiger partial charge in [0.05, 0.1) is 0 Å². The van der Waals surface area contributed by atoms with Crippen molar-refractivity contribution >= 4 is 11.8 Å². The van der Waals surface area contributed by atoms with E-state index < -0.39 is 0 Å². The third kappa shape index (κ3) is 5.52. The number of amides is 2. The molecule has 1 aliphatic heterocycles. The second kappa shape index (κ2) is 9.34. The third-order valence-electron chi connectivity index (χ3n) is 7.08. The number of ketones is 1. The van der Waals surface area contributed by atoms with Crippen LogP contribution in [0.4, 0.5) is 4.79 Å². The largest absolute Gasteiger partial charge is 0.334 e. The van der Waals surface area contributed by atoms with Crippen LogP contribution < -0.4 is 5.32 Å². The summed E-state index contributed by atoms with van der Waals surface area (Å²) >= 11 is 0. The van der Waals surface area contributed by atoms with Crippen molar-refractivity contribution in [1.82, 2.24) is 20.0 Å². The Morgan fingerprint density at radius 2 is 2.00 bits per heavy atom. The summed E-state index contributed by atoms with van der Waals surface area (Å²) in [6, 6.07) is 0.732. The summed E-state index contributed by atoms with van der Waals surface area (Å²) in [5.41, 5.74) is 0.0312. The van der Waals surface area contributed by atoms with E-state index in [2.05, 4.69) is 35.9 Å². The van der Waals surface area contributed by atoms with E-state index in [1.165, 1.54) is 0 Å². The molecule has 0 aromatic carbocycles. The number of urea groups is 1. The smallest absolute Gasteiger partial charge is 0.317 e. The van der Waals surface area contributed by atoms with Gasteiger partial charge in [0.25, 0.3) is 0 Å². The maximum Gasteiger partial charge on any atom is 0.317 e. The van der Waals surface area contributed by atoms with Crippen molar-refractivity contribution in [3.05, 3.63) is 0 Å². The van der Waals surface area contributed by atoms with Crippen LogP contribution >= 0.6 is 0 Å². The van der Waals surface area contributed by atoms with Gasteiger partial charge in [0.15, 0.2) is 0 Å². The van der Waals surface area contributed by atoms with Gasteiger partial charge in [-0.2, -0.15) is 0 Å². The first-order valence-corrected chi connectivity index (χ1v) is 11.7. The van der Waals surface area contributed by atoms with Crippen LogP contribution in [-0.2, 0) is 4.79 Å². The van der Waals surface area contributed by atoms with Crippen LogP contribution in [0.3, 0.4) is 0 Å². The molecule has 3 rings (SSSR count). The molecule has 0 aromatic rings. The monoisotopic (exact) mass is 406 g/mol. The van der Waals surface area contributed by atoms with Crippen molar-refractivity contribution in [2.45, 2.75) is 71.4 Å². The van der Waals surface area contributed by atoms with Crippen LogP contribution in [-0.4, -0.2) is 85.4 Å². The van der Waals surface area contributed by atoms with Gasteiger partial charge in [0, 0.05) is 50.1 Å². The molecule has 0 unspecified atom stereocenters. The van der Waals surface area contributed by atoms with E-state index in [1.54, 1.807) is 0 Å². The fourth-order valence-electron chi connectivity index (χ4n) is 5.38. The van der Waals surface area contributed by atoms with Gasteiger partial charge in [-0.25, -0.2) is 4.79 Å². The average Bonchev–Trinajstić information content (AvgIpc) is 3.41. The molecule has 3 aliphatic rings. The zero-order chi connectivity index (χ0) is 21.2. The quantitative estimate of drug-likeness (QED) is 0.673. The van der Waals surface area contributed by atoms with Gasteiger partial charge in [-0.3, -0.25) is 9.69 Å². The predicted molar refractivity (Wildman–Crippen MR) is 117 cm³/mol. The molecule has 1 N–H and O–H groups in total. The minimum absolute atomic E-state index is 0.0312. The molecule has 6 heteroatoms. The number of carbonyl (C=O) groups excluding carboxylic acids is 2. The van der Waals surface area contributed by atoms with Crippen molar-refractivity contribution in [1.29, 1.82) is 0 Å². The molecule has 6 nitrogen and oxygen atoms in total. The highest BCUT2D eigenvalue weighted by atomic mass is 16.2. The molecule has 1 spiro atoms. The number of hydrogen-bond donors (Lipinski definition) is 1. The highest BCUT2D eigenvalue weighted by Gasteiger charge is 2.56. The van der Waals surface area contributed by atoms with Crippen LogP contribution in [0.5, 0.6) is 0 Å². The first kappa shape index (κ1) is 22.5. The molecule has 2 saturated carbocycles. The summed E-state index contributed by atoms with van der Waals surface area (Å²) in [7, 11) is 4.09. The van der Waals surface area contributed by atoms with Crippen molar-refractivity contribution in [2.75, 3.05) is 46.8 Å². The average molecular weight is 407 g/mol. The first-order chi connectivity index (χ1) is 13.7. The normalized spacial score (nSPS) is 28.7. The number of nitrogens with one attached hydrogen (secondary N) is 1. The summed E-state index contributed by atoms with van der Waals surface area (Å²) in [4.78, 5) is 32.4. The Hall–Kier alpha value is -1.14. The van der Waals surface area contributed by atoms with Crippen molar-refractivity contribution in [2.24, 2.45) is 17.3 Å². The maximum atomic E-state index is 13.1. The molecule has 2 aliphatic carbocycles. The van der Waals surface area contributed by atoms with E-state index >= 15 is 0 Å². The van der Waals surface area contributed by atoms with Crippen LogP contribution in [0.25, 0.3) is 0 Å². The van der Waals surface area contributed by atoms with Crippen LogP contribution in [0.15, 0.2) is 0 Å². The molecule has 1 heterocycles. The van der Waals surface area contributed by atoms with E-state index in [0.29, 0.717) is 30.1 Å². The van der Waals surface area contributed by atoms with Gasteiger partial charge >= 0.3 is 6.03 Å². The second-order valence-electron chi connectivity index (χ2n) is 10.5. The van der Waals surface area contributed by atoms with Crippen LogP contribution in [0, 0.1) is 17.3 Å². The van der Waals surface area contributed by atoms with Gasteiger partial charge in [0.1, 0.15) is 5.78 Å². The number of nitrogens with zero attached hydrogens (tertiary/aromatic N) is 3. The van der Waals surface area contributed by atoms with Crippen molar-refractivity contribution < 1.29 is 9.59 Å². The Kier molecular flexibility index (Phi) is 7.26. The summed E-state index contributed by atoms with van der Waals surface area (Å²) in [6.45, 7) is 10.9. The SMILES string of the molecule is CCCN1C[C@@H](NC(=O)N(CCN(C)C)CC(C)C)C[C@@H]2CC(=O)C3(CC3)C[C@H]21. The lowest BCUT2D eigenvalue weighted by Gasteiger charge is -2.49. The summed E-state index contributed by atoms with van der Waals surface area (Å²) in [5, 5.41) is 3.34. The van der Waals surface area contributed by atoms with Gasteiger partial charge in [-0.1, -0.05) is 20.8 Å². The zero-order valence-corrected chi connectivity index (χ0v) is 19.2. The fourth-order valence-corrected chi connectivity index (χ4v) is 5.38. The number of piperidine rings is 1. The van der Waals surface area contributed by atoms with Gasteiger partial charge in [-0.15, -0.1) is 0 Å². The zero-order valence-electron chi connectivity index (χ0n) is 19.2. The first-order valence-electron chi connectivity index (χ1n) is 11.7. The van der Waals surface area contributed by atoms with Crippen LogP contribution in [0.2, 0.25) is 0 Å². The van der Waals surface area contributed by atoms with Crippen molar-refractivity contribution in [3.8, 4) is 0 Å². The standard InChI is InChI=1S/C23H42N4O2/c1-6-9-26-16-19(12-18-13-21(28)23(7-8-23)14-20(18)26)24-22(29)27(15-17(2)3)11-10-25(4)5/h17-20H,6-16H2,1-5H3,(H,24,29)/t18-,19+,20-/m1/s1. The second-order valence-corrected chi connectivity index (χ2v) is 10.5. The number of likely N-dealkylation sites (N-methyl/N-ethyl adjacent to an activating group) is 1. The Morgan fingerprint density at radius 3 is 2.59 bits per heavy atom. The number of likely N-dealkylation sites (tertiary alicyclic amines) is 1. The van der Waals surface area contributed by atoms with E-state index in [1.807, 2.05) is 19.0 Å². The summed E-state index contributed by atoms with van der Waals surface area (Å²) in [6.07, 6.45) is 6.04. The Morgan fingerprint density at radius 1 is 1.28 bits per heavy atom. The van der Waals surface area contributed by atoms with E-state index in [9.17, 15) is 9.59 Å². The van der Waals surface area contributed by atoms with Gasteiger partial charge in [-0.05, 0) is 64.6 Å². The number of Topliss-reactive ketones (excluding diaryl/α,β-unsaturated/α-hetero) is 1. The number of rotatable bonds is 8. The molecule has 0 aromatic heterocycles. The van der Waals surface area contributed by atoms with Gasteiger partial charge < -0.3 is 15.1 Å². The Bertz CT molecular complexity index is 587. The fraction of sp³-hybridized carbons (Fsp3) is 0.913. The lowest BCUT2D eigenvalue weighted by molar-refractivity contribution is -0.131. The minimum Gasteiger partial charge on any atom is -0.334 e. The highest BCUT2D eigenvalue weighted by molar-refractivity contribution is 5.88. The lowest BCUT2D eigenvalue weighted by atomic mass is 9.70. The number of fused-ring (bicyclic) bond motifs is 1. The number of hydrogen-bond acceptors (Lipinski definition) is 4. The predicted octanol–water partition coefficient (Wildman–Crippen LogP) is 2.83. The van der Waals surface area contributed by atoms with E-state index in [-0.39, 0.29) is 17.5 Å². The van der Waals surface area contributed by atoms with Crippen molar-refractivity contribution in [3.63, 3.8) is 0 Å². The van der Waals surface area contributed by atoms with Crippen LogP contribution in [0.1, 0.15) is 59.3 Å². The van der Waals surface area contributed by atoms with E-state index in [4.69, 9.17) is 0 Å². The molecule has 2 amide bonds. The highest BCUT2D eigenvalue weighted by Crippen LogP contribution is 2.56. The molecule has 29 heavy (non-hydrogen) atoms. The number of carbonyl (C=O) groups is 2. The van der Waals surface area contributed by atoms with Gasteiger partial charge in [0.2, 0.25) is 0 Å². The third-order valence-corrected chi connectivity index (χ3v) is 7.08. The molecule has 0 radical (unpaired) electrons. The molecule has 3 atom stereocenters.